The van der Waals surface area contributed by atoms with Crippen molar-refractivity contribution in [2.24, 2.45) is 5.92 Å². The highest BCUT2D eigenvalue weighted by Crippen LogP contribution is 2.33. The van der Waals surface area contributed by atoms with Crippen molar-refractivity contribution >= 4 is 16.0 Å². The highest BCUT2D eigenvalue weighted by atomic mass is 32.2. The minimum atomic E-state index is -3.28. The molecular weight excluding hydrogens is 657 g/mol. The Bertz CT molecular complexity index is 1370. The third-order valence-corrected chi connectivity index (χ3v) is 7.64. The average Bonchev–Trinajstić information content (AvgIpc) is 3.84. The first-order chi connectivity index (χ1) is 22.7. The Morgan fingerprint density at radius 3 is 1.54 bits per heavy atom. The normalized spacial score (nSPS) is 13.9. The fourth-order valence-corrected chi connectivity index (χ4v) is 5.06. The second-order valence-corrected chi connectivity index (χ2v) is 17.4. The van der Waals surface area contributed by atoms with Gasteiger partial charge in [0.15, 0.2) is 0 Å². The molecule has 11 heteroatoms. The molecule has 1 fully saturated rings. The number of hydrogen-bond acceptors (Lipinski definition) is 9. The maximum Gasteiger partial charge on any atom is 0.264 e. The van der Waals surface area contributed by atoms with Crippen molar-refractivity contribution in [2.45, 2.75) is 105 Å². The summed E-state index contributed by atoms with van der Waals surface area (Å²) in [6.07, 6.45) is 2.31. The molecule has 1 aliphatic heterocycles. The van der Waals surface area contributed by atoms with Gasteiger partial charge in [0.25, 0.3) is 10.1 Å². The van der Waals surface area contributed by atoms with Gasteiger partial charge in [-0.3, -0.25) is 13.9 Å². The van der Waals surface area contributed by atoms with Crippen molar-refractivity contribution in [1.82, 2.24) is 10.2 Å². The van der Waals surface area contributed by atoms with Gasteiger partial charge in [-0.2, -0.15) is 8.42 Å². The minimum absolute atomic E-state index is 0.0126. The Balaban J connectivity index is 0.000000781. The molecular formula is C39H66N2O8S. The number of aliphatic hydroxyl groups is 2. The molecule has 0 aromatic heterocycles. The van der Waals surface area contributed by atoms with Crippen LogP contribution in [0.25, 0.3) is 0 Å². The van der Waals surface area contributed by atoms with E-state index in [1.807, 2.05) is 52.0 Å². The average molecular weight is 723 g/mol. The topological polar surface area (TPSA) is 134 Å². The quantitative estimate of drug-likeness (QED) is 0.138. The highest BCUT2D eigenvalue weighted by molar-refractivity contribution is 7.86. The Kier molecular flexibility index (Phi) is 19.6. The van der Waals surface area contributed by atoms with Crippen molar-refractivity contribution < 1.29 is 37.1 Å². The van der Waals surface area contributed by atoms with Gasteiger partial charge in [0.2, 0.25) is 5.91 Å². The van der Waals surface area contributed by atoms with Crippen LogP contribution in [-0.4, -0.2) is 91.9 Å². The lowest BCUT2D eigenvalue weighted by Gasteiger charge is -2.26. The molecule has 286 valence electrons. The van der Waals surface area contributed by atoms with Gasteiger partial charge in [-0.25, -0.2) is 0 Å². The number of aliphatic hydroxyl groups excluding tert-OH is 2. The lowest BCUT2D eigenvalue weighted by molar-refractivity contribution is -0.117. The van der Waals surface area contributed by atoms with E-state index in [-0.39, 0.29) is 36.0 Å². The first-order valence-electron chi connectivity index (χ1n) is 17.0. The van der Waals surface area contributed by atoms with E-state index in [0.29, 0.717) is 18.8 Å². The van der Waals surface area contributed by atoms with Crippen LogP contribution >= 0.6 is 0 Å². The van der Waals surface area contributed by atoms with Gasteiger partial charge >= 0.3 is 0 Å². The van der Waals surface area contributed by atoms with Crippen LogP contribution in [0, 0.1) is 5.92 Å². The monoisotopic (exact) mass is 722 g/mol. The Morgan fingerprint density at radius 2 is 1.30 bits per heavy atom. The molecule has 10 nitrogen and oxygen atoms in total. The Labute approximate surface area is 303 Å². The third-order valence-electron chi connectivity index (χ3n) is 6.84. The van der Waals surface area contributed by atoms with Crippen molar-refractivity contribution in [2.75, 3.05) is 45.8 Å². The highest BCUT2D eigenvalue weighted by Gasteiger charge is 2.29. The maximum absolute atomic E-state index is 10.6. The zero-order chi connectivity index (χ0) is 39.0. The van der Waals surface area contributed by atoms with Crippen LogP contribution in [0.4, 0.5) is 0 Å². The number of nitrogens with one attached hydrogen (secondary N) is 1. The van der Waals surface area contributed by atoms with E-state index in [1.54, 1.807) is 20.8 Å². The summed E-state index contributed by atoms with van der Waals surface area (Å²) in [5, 5.41) is 20.6. The predicted molar refractivity (Wildman–Crippen MR) is 204 cm³/mol. The number of amides is 1. The van der Waals surface area contributed by atoms with Gasteiger partial charge in [0.05, 0.1) is 25.1 Å². The fourth-order valence-electron chi connectivity index (χ4n) is 4.15. The summed E-state index contributed by atoms with van der Waals surface area (Å²) in [6.45, 7) is 30.8. The third kappa shape index (κ3) is 22.7. The van der Waals surface area contributed by atoms with E-state index in [0.717, 1.165) is 17.8 Å². The number of benzene rings is 2. The molecule has 0 spiro atoms. The van der Waals surface area contributed by atoms with E-state index in [1.165, 1.54) is 30.3 Å². The zero-order valence-corrected chi connectivity index (χ0v) is 33.7. The molecule has 1 atom stereocenters. The fraction of sp³-hybridized carbons (Fsp3) is 0.615. The first-order valence-corrected chi connectivity index (χ1v) is 18.8. The second kappa shape index (κ2) is 20.8. The maximum atomic E-state index is 10.6. The van der Waals surface area contributed by atoms with E-state index in [2.05, 4.69) is 79.9 Å². The number of hydrogen-bond donors (Lipinski definition) is 3. The van der Waals surface area contributed by atoms with Gasteiger partial charge in [-0.1, -0.05) is 51.6 Å². The van der Waals surface area contributed by atoms with Crippen LogP contribution < -0.4 is 14.8 Å². The molecule has 1 heterocycles. The number of carbonyl (C=O) groups excluding carboxylic acids is 1. The molecule has 2 aromatic rings. The SMILES string of the molecule is C=CC(=O)NC(C)(C)C.CC(C)(C)N1CC1.CC(C)(C)OS(C)(=O)=O.CC(CO)COc1ccc(C(C)(C)c2ccc(OCCO)cc2)cc1. The van der Waals surface area contributed by atoms with Crippen LogP contribution in [-0.2, 0) is 24.5 Å². The van der Waals surface area contributed by atoms with Gasteiger partial charge in [0, 0.05) is 42.1 Å². The molecule has 0 aliphatic carbocycles. The molecule has 50 heavy (non-hydrogen) atoms. The van der Waals surface area contributed by atoms with Crippen molar-refractivity contribution in [3.63, 3.8) is 0 Å². The Hall–Kier alpha value is -2.96. The summed E-state index contributed by atoms with van der Waals surface area (Å²) >= 11 is 0. The molecule has 2 aromatic carbocycles. The Morgan fingerprint density at radius 1 is 0.860 bits per heavy atom. The summed E-state index contributed by atoms with van der Waals surface area (Å²) in [7, 11) is -3.28. The number of rotatable bonds is 11. The minimum Gasteiger partial charge on any atom is -0.493 e. The zero-order valence-electron chi connectivity index (χ0n) is 32.9. The lowest BCUT2D eigenvalue weighted by atomic mass is 9.78. The molecule has 3 N–H and O–H groups in total. The van der Waals surface area contributed by atoms with E-state index >= 15 is 0 Å². The van der Waals surface area contributed by atoms with E-state index in [9.17, 15) is 13.2 Å². The molecule has 3 rings (SSSR count). The molecule has 1 saturated heterocycles. The van der Waals surface area contributed by atoms with Crippen LogP contribution in [0.15, 0.2) is 61.2 Å². The van der Waals surface area contributed by atoms with Crippen molar-refractivity contribution in [1.29, 1.82) is 0 Å². The summed E-state index contributed by atoms with van der Waals surface area (Å²) in [5.41, 5.74) is 1.93. The van der Waals surface area contributed by atoms with Gasteiger partial charge in [-0.05, 0) is 104 Å². The number of nitrogens with zero attached hydrogens (tertiary/aromatic N) is 1. The predicted octanol–water partition coefficient (Wildman–Crippen LogP) is 6.34. The van der Waals surface area contributed by atoms with Gasteiger partial charge < -0.3 is 25.0 Å². The van der Waals surface area contributed by atoms with Gasteiger partial charge in [-0.15, -0.1) is 0 Å². The molecule has 0 saturated carbocycles. The van der Waals surface area contributed by atoms with Gasteiger partial charge in [0.1, 0.15) is 18.1 Å². The molecule has 0 bridgehead atoms. The van der Waals surface area contributed by atoms with Crippen molar-refractivity contribution in [3.8, 4) is 11.5 Å². The van der Waals surface area contributed by atoms with Crippen LogP contribution in [0.2, 0.25) is 0 Å². The lowest BCUT2D eigenvalue weighted by Crippen LogP contribution is -2.39. The molecule has 1 unspecified atom stereocenters. The summed E-state index contributed by atoms with van der Waals surface area (Å²) in [4.78, 5) is 13.0. The number of ether oxygens (including phenoxy) is 2. The van der Waals surface area contributed by atoms with E-state index in [4.69, 9.17) is 19.7 Å². The van der Waals surface area contributed by atoms with Crippen LogP contribution in [0.5, 0.6) is 11.5 Å². The molecule has 1 aliphatic rings. The number of carbonyl (C=O) groups is 1. The van der Waals surface area contributed by atoms with Crippen LogP contribution in [0.1, 0.15) is 94.2 Å². The first kappa shape index (κ1) is 47.0. The smallest absolute Gasteiger partial charge is 0.264 e. The van der Waals surface area contributed by atoms with E-state index < -0.39 is 15.7 Å². The summed E-state index contributed by atoms with van der Waals surface area (Å²) in [5.74, 6) is 1.58. The summed E-state index contributed by atoms with van der Waals surface area (Å²) in [6, 6.07) is 16.1. The largest absolute Gasteiger partial charge is 0.493 e. The van der Waals surface area contributed by atoms with Crippen LogP contribution in [0.3, 0.4) is 0 Å². The molecule has 0 radical (unpaired) electrons. The summed E-state index contributed by atoms with van der Waals surface area (Å²) < 4.78 is 36.6. The molecule has 1 amide bonds. The second-order valence-electron chi connectivity index (χ2n) is 15.8. The standard InChI is InChI=1S/C21H28O4.C7H13NO.C6H13N.C5H12O3S/c1-16(14-23)15-25-20-10-6-18(7-11-20)21(2,3)17-4-8-19(9-5-17)24-13-12-22;1-5-6(9)8-7(2,3)4;1-6(2,3)7-4-5-7;1-5(2,3)8-9(4,6)7/h4-11,16,22-23H,12-15H2,1-3H3;5H,1H2,2-4H3,(H,8,9);4-5H2,1-3H3;1-4H3. The van der Waals surface area contributed by atoms with Crippen molar-refractivity contribution in [3.05, 3.63) is 72.3 Å².